The molecule has 0 saturated carbocycles. The standard InChI is InChI=1S/C19H24N2O3S/c1-13-5-7-14(8-6-13)20-16(22)9-17-21-15(12-25-17)11-24-18(23)10-19(2,3)4/h5-8,12H,9-11H2,1-4H3,(H,20,22). The number of benzene rings is 1. The third kappa shape index (κ3) is 7.05. The number of aryl methyl sites for hydroxylation is 1. The summed E-state index contributed by atoms with van der Waals surface area (Å²) < 4.78 is 5.23. The Kier molecular flexibility index (Phi) is 6.31. The number of esters is 1. The highest BCUT2D eigenvalue weighted by Gasteiger charge is 2.17. The summed E-state index contributed by atoms with van der Waals surface area (Å²) in [7, 11) is 0. The van der Waals surface area contributed by atoms with E-state index in [9.17, 15) is 9.59 Å². The zero-order chi connectivity index (χ0) is 18.4. The Morgan fingerprint density at radius 2 is 1.88 bits per heavy atom. The molecular formula is C19H24N2O3S. The first-order valence-electron chi connectivity index (χ1n) is 8.17. The maximum Gasteiger partial charge on any atom is 0.306 e. The van der Waals surface area contributed by atoms with Gasteiger partial charge >= 0.3 is 5.97 Å². The van der Waals surface area contributed by atoms with Gasteiger partial charge in [0.25, 0.3) is 0 Å². The van der Waals surface area contributed by atoms with Crippen molar-refractivity contribution < 1.29 is 14.3 Å². The molecule has 5 nitrogen and oxygen atoms in total. The third-order valence-corrected chi connectivity index (χ3v) is 4.20. The van der Waals surface area contributed by atoms with Gasteiger partial charge in [-0.1, -0.05) is 38.5 Å². The number of aromatic nitrogens is 1. The summed E-state index contributed by atoms with van der Waals surface area (Å²) in [5, 5.41) is 5.36. The summed E-state index contributed by atoms with van der Waals surface area (Å²) in [6.45, 7) is 8.10. The van der Waals surface area contributed by atoms with Gasteiger partial charge in [0.2, 0.25) is 5.91 Å². The Morgan fingerprint density at radius 3 is 2.52 bits per heavy atom. The Balaban J connectivity index is 1.81. The summed E-state index contributed by atoms with van der Waals surface area (Å²) in [4.78, 5) is 28.2. The number of ether oxygens (including phenoxy) is 1. The van der Waals surface area contributed by atoms with Crippen LogP contribution in [0.15, 0.2) is 29.6 Å². The van der Waals surface area contributed by atoms with Gasteiger partial charge in [-0.05, 0) is 24.5 Å². The molecular weight excluding hydrogens is 336 g/mol. The van der Waals surface area contributed by atoms with Gasteiger partial charge in [0, 0.05) is 11.1 Å². The van der Waals surface area contributed by atoms with E-state index in [1.807, 2.05) is 57.3 Å². The van der Waals surface area contributed by atoms with Crippen LogP contribution in [0, 0.1) is 12.3 Å². The van der Waals surface area contributed by atoms with E-state index in [1.54, 1.807) is 0 Å². The number of hydrogen-bond donors (Lipinski definition) is 1. The summed E-state index contributed by atoms with van der Waals surface area (Å²) in [6, 6.07) is 7.64. The van der Waals surface area contributed by atoms with Gasteiger partial charge in [0.15, 0.2) is 0 Å². The van der Waals surface area contributed by atoms with E-state index in [0.29, 0.717) is 17.1 Å². The van der Waals surface area contributed by atoms with E-state index < -0.39 is 0 Å². The summed E-state index contributed by atoms with van der Waals surface area (Å²) in [5.74, 6) is -0.353. The normalized spacial score (nSPS) is 11.2. The molecule has 2 aromatic rings. The van der Waals surface area contributed by atoms with Gasteiger partial charge in [0.05, 0.1) is 18.5 Å². The first-order valence-corrected chi connectivity index (χ1v) is 9.05. The van der Waals surface area contributed by atoms with Crippen molar-refractivity contribution in [2.75, 3.05) is 5.32 Å². The largest absolute Gasteiger partial charge is 0.459 e. The van der Waals surface area contributed by atoms with Gasteiger partial charge in [-0.25, -0.2) is 4.98 Å². The van der Waals surface area contributed by atoms with Crippen molar-refractivity contribution in [3.63, 3.8) is 0 Å². The van der Waals surface area contributed by atoms with Gasteiger partial charge < -0.3 is 10.1 Å². The third-order valence-electron chi connectivity index (χ3n) is 3.30. The molecule has 0 aliphatic carbocycles. The van der Waals surface area contributed by atoms with Crippen LogP contribution in [-0.2, 0) is 27.4 Å². The minimum Gasteiger partial charge on any atom is -0.459 e. The Hall–Kier alpha value is -2.21. The highest BCUT2D eigenvalue weighted by molar-refractivity contribution is 7.09. The van der Waals surface area contributed by atoms with Crippen molar-refractivity contribution in [2.24, 2.45) is 5.41 Å². The van der Waals surface area contributed by atoms with Crippen molar-refractivity contribution in [2.45, 2.75) is 47.1 Å². The summed E-state index contributed by atoms with van der Waals surface area (Å²) in [6.07, 6.45) is 0.567. The maximum atomic E-state index is 12.1. The summed E-state index contributed by atoms with van der Waals surface area (Å²) >= 11 is 1.39. The topological polar surface area (TPSA) is 68.3 Å². The van der Waals surface area contributed by atoms with E-state index >= 15 is 0 Å². The molecule has 0 saturated heterocycles. The van der Waals surface area contributed by atoms with Gasteiger partial charge in [0.1, 0.15) is 11.6 Å². The number of nitrogens with zero attached hydrogens (tertiary/aromatic N) is 1. The SMILES string of the molecule is Cc1ccc(NC(=O)Cc2nc(COC(=O)CC(C)(C)C)cs2)cc1. The fourth-order valence-corrected chi connectivity index (χ4v) is 2.89. The molecule has 0 bridgehead atoms. The molecule has 0 atom stereocenters. The monoisotopic (exact) mass is 360 g/mol. The van der Waals surface area contributed by atoms with Gasteiger partial charge in [-0.2, -0.15) is 0 Å². The Bertz CT molecular complexity index is 730. The lowest BCUT2D eigenvalue weighted by Gasteiger charge is -2.16. The molecule has 0 radical (unpaired) electrons. The number of rotatable bonds is 6. The van der Waals surface area contributed by atoms with Gasteiger partial charge in [-0.15, -0.1) is 11.3 Å². The molecule has 1 aromatic heterocycles. The number of carbonyl (C=O) groups is 2. The van der Waals surface area contributed by atoms with Crippen molar-refractivity contribution in [1.29, 1.82) is 0 Å². The molecule has 1 N–H and O–H groups in total. The molecule has 0 unspecified atom stereocenters. The average molecular weight is 360 g/mol. The zero-order valence-electron chi connectivity index (χ0n) is 15.1. The number of anilines is 1. The highest BCUT2D eigenvalue weighted by atomic mass is 32.1. The minimum absolute atomic E-state index is 0.0988. The molecule has 1 amide bonds. The fourth-order valence-electron chi connectivity index (χ4n) is 2.11. The highest BCUT2D eigenvalue weighted by Crippen LogP contribution is 2.20. The zero-order valence-corrected chi connectivity index (χ0v) is 15.9. The lowest BCUT2D eigenvalue weighted by molar-refractivity contribution is -0.147. The van der Waals surface area contributed by atoms with Crippen LogP contribution in [0.5, 0.6) is 0 Å². The molecule has 0 aliphatic rings. The predicted octanol–water partition coefficient (Wildman–Crippen LogP) is 4.11. The van der Waals surface area contributed by atoms with Crippen LogP contribution < -0.4 is 5.32 Å². The lowest BCUT2D eigenvalue weighted by atomic mass is 9.92. The second kappa shape index (κ2) is 8.25. The molecule has 2 rings (SSSR count). The maximum absolute atomic E-state index is 12.1. The number of nitrogens with one attached hydrogen (secondary N) is 1. The van der Waals surface area contributed by atoms with Crippen LogP contribution in [0.2, 0.25) is 0 Å². The number of thiazole rings is 1. The van der Waals surface area contributed by atoms with E-state index in [-0.39, 0.29) is 30.3 Å². The average Bonchev–Trinajstić information content (AvgIpc) is 2.93. The van der Waals surface area contributed by atoms with Crippen LogP contribution >= 0.6 is 11.3 Å². The van der Waals surface area contributed by atoms with Crippen molar-refractivity contribution in [3.05, 3.63) is 45.9 Å². The number of carbonyl (C=O) groups excluding carboxylic acids is 2. The van der Waals surface area contributed by atoms with Crippen molar-refractivity contribution in [3.8, 4) is 0 Å². The molecule has 0 aliphatic heterocycles. The van der Waals surface area contributed by atoms with E-state index in [4.69, 9.17) is 4.74 Å². The second-order valence-corrected chi connectivity index (χ2v) is 8.16. The fraction of sp³-hybridized carbons (Fsp3) is 0.421. The van der Waals surface area contributed by atoms with E-state index in [1.165, 1.54) is 11.3 Å². The second-order valence-electron chi connectivity index (χ2n) is 7.22. The van der Waals surface area contributed by atoms with E-state index in [2.05, 4.69) is 10.3 Å². The molecule has 6 heteroatoms. The van der Waals surface area contributed by atoms with Crippen LogP contribution in [-0.4, -0.2) is 16.9 Å². The van der Waals surface area contributed by atoms with Crippen LogP contribution in [0.25, 0.3) is 0 Å². The number of amides is 1. The quantitative estimate of drug-likeness (QED) is 0.787. The van der Waals surface area contributed by atoms with Crippen molar-refractivity contribution >= 4 is 28.9 Å². The summed E-state index contributed by atoms with van der Waals surface area (Å²) in [5.41, 5.74) is 2.48. The first kappa shape index (κ1) is 19.1. The van der Waals surface area contributed by atoms with Crippen LogP contribution in [0.3, 0.4) is 0 Å². The number of hydrogen-bond acceptors (Lipinski definition) is 5. The van der Waals surface area contributed by atoms with Crippen LogP contribution in [0.4, 0.5) is 5.69 Å². The van der Waals surface area contributed by atoms with Crippen LogP contribution in [0.1, 0.15) is 43.5 Å². The molecule has 25 heavy (non-hydrogen) atoms. The molecule has 134 valence electrons. The Morgan fingerprint density at radius 1 is 1.20 bits per heavy atom. The first-order chi connectivity index (χ1) is 11.7. The van der Waals surface area contributed by atoms with Crippen molar-refractivity contribution in [1.82, 2.24) is 4.98 Å². The molecule has 1 heterocycles. The lowest BCUT2D eigenvalue weighted by Crippen LogP contribution is -2.15. The smallest absolute Gasteiger partial charge is 0.306 e. The Labute approximate surface area is 152 Å². The predicted molar refractivity (Wildman–Crippen MR) is 99.5 cm³/mol. The minimum atomic E-state index is -0.237. The molecule has 0 spiro atoms. The van der Waals surface area contributed by atoms with Gasteiger partial charge in [-0.3, -0.25) is 9.59 Å². The van der Waals surface area contributed by atoms with E-state index in [0.717, 1.165) is 11.3 Å². The molecule has 1 aromatic carbocycles. The molecule has 0 fully saturated rings.